The minimum absolute atomic E-state index is 0.0609. The summed E-state index contributed by atoms with van der Waals surface area (Å²) in [7, 11) is 0. The second-order valence-corrected chi connectivity index (χ2v) is 6.98. The lowest BCUT2D eigenvalue weighted by Gasteiger charge is -2.26. The van der Waals surface area contributed by atoms with E-state index in [-0.39, 0.29) is 11.5 Å². The fraction of sp³-hybridized carbons (Fsp3) is 0.222. The number of aromatic carboxylic acids is 1. The monoisotopic (exact) mass is 357 g/mol. The molecule has 0 fully saturated rings. The lowest BCUT2D eigenvalue weighted by atomic mass is 9.96. The molecule has 0 radical (unpaired) electrons. The zero-order valence-electron chi connectivity index (χ0n) is 13.1. The van der Waals surface area contributed by atoms with Crippen molar-refractivity contribution in [1.82, 2.24) is 4.57 Å². The predicted octanol–water partition coefficient (Wildman–Crippen LogP) is 2.72. The Labute approximate surface area is 146 Å². The summed E-state index contributed by atoms with van der Waals surface area (Å²) >= 11 is 1.20. The van der Waals surface area contributed by atoms with Crippen molar-refractivity contribution in [2.75, 3.05) is 6.61 Å². The molecule has 3 heterocycles. The molecule has 1 aliphatic heterocycles. The molecule has 1 aliphatic rings. The molecule has 0 aliphatic carbocycles. The quantitative estimate of drug-likeness (QED) is 0.752. The van der Waals surface area contributed by atoms with E-state index in [1.807, 2.05) is 24.3 Å². The Hall–Kier alpha value is -2.80. The van der Waals surface area contributed by atoms with Crippen molar-refractivity contribution in [2.45, 2.75) is 13.0 Å². The molecule has 1 aromatic carbocycles. The lowest BCUT2D eigenvalue weighted by Crippen LogP contribution is -2.31. The number of thiophene rings is 1. The number of pyridine rings is 1. The van der Waals surface area contributed by atoms with Gasteiger partial charge < -0.3 is 19.5 Å². The van der Waals surface area contributed by atoms with Gasteiger partial charge in [0.1, 0.15) is 11.3 Å². The first-order valence-corrected chi connectivity index (χ1v) is 8.71. The van der Waals surface area contributed by atoms with Crippen LogP contribution < -0.4 is 10.3 Å². The highest BCUT2D eigenvalue weighted by Gasteiger charge is 2.25. The van der Waals surface area contributed by atoms with Crippen LogP contribution in [0.15, 0.2) is 40.5 Å². The van der Waals surface area contributed by atoms with Crippen LogP contribution in [0, 0.1) is 5.92 Å². The molecule has 1 unspecified atom stereocenters. The third-order valence-corrected chi connectivity index (χ3v) is 5.38. The zero-order valence-corrected chi connectivity index (χ0v) is 14.0. The maximum Gasteiger partial charge on any atom is 0.341 e. The number of aromatic hydroxyl groups is 1. The van der Waals surface area contributed by atoms with Crippen molar-refractivity contribution < 1.29 is 19.7 Å². The lowest BCUT2D eigenvalue weighted by molar-refractivity contribution is 0.0695. The molecule has 6 nitrogen and oxygen atoms in total. The normalized spacial score (nSPS) is 16.4. The second-order valence-electron chi connectivity index (χ2n) is 6.07. The van der Waals surface area contributed by atoms with Crippen LogP contribution in [0.2, 0.25) is 0 Å². The van der Waals surface area contributed by atoms with Crippen LogP contribution in [0.1, 0.15) is 15.9 Å². The van der Waals surface area contributed by atoms with Gasteiger partial charge in [-0.3, -0.25) is 4.79 Å². The number of nitrogens with zero attached hydrogens (tertiary/aromatic N) is 1. The number of fused-ring (bicyclic) bond motifs is 2. The largest absolute Gasteiger partial charge is 0.502 e. The first-order valence-electron chi connectivity index (χ1n) is 7.83. The number of rotatable bonds is 3. The van der Waals surface area contributed by atoms with Gasteiger partial charge in [-0.25, -0.2) is 4.79 Å². The third-order valence-electron chi connectivity index (χ3n) is 4.46. The van der Waals surface area contributed by atoms with Crippen molar-refractivity contribution in [1.29, 1.82) is 0 Å². The topological polar surface area (TPSA) is 88.8 Å². The van der Waals surface area contributed by atoms with Crippen molar-refractivity contribution in [3.05, 3.63) is 57.2 Å². The summed E-state index contributed by atoms with van der Waals surface area (Å²) in [5.41, 5.74) is 0.613. The summed E-state index contributed by atoms with van der Waals surface area (Å²) in [4.78, 5) is 23.9. The van der Waals surface area contributed by atoms with Gasteiger partial charge in [-0.05, 0) is 29.5 Å². The van der Waals surface area contributed by atoms with E-state index in [0.717, 1.165) is 17.7 Å². The Kier molecular flexibility index (Phi) is 3.73. The number of hydrogen-bond acceptors (Lipinski definition) is 5. The Bertz CT molecular complexity index is 1040. The highest BCUT2D eigenvalue weighted by atomic mass is 32.1. The Morgan fingerprint density at radius 1 is 1.32 bits per heavy atom. The van der Waals surface area contributed by atoms with Crippen LogP contribution in [-0.4, -0.2) is 27.4 Å². The van der Waals surface area contributed by atoms with E-state index in [2.05, 4.69) is 0 Å². The number of benzene rings is 1. The van der Waals surface area contributed by atoms with E-state index < -0.39 is 17.3 Å². The van der Waals surface area contributed by atoms with Gasteiger partial charge in [-0.2, -0.15) is 0 Å². The summed E-state index contributed by atoms with van der Waals surface area (Å²) in [6.07, 6.45) is 0.760. The van der Waals surface area contributed by atoms with Crippen LogP contribution in [-0.2, 0) is 13.0 Å². The fourth-order valence-electron chi connectivity index (χ4n) is 3.30. The van der Waals surface area contributed by atoms with Gasteiger partial charge in [-0.15, -0.1) is 11.3 Å². The molecule has 0 saturated carbocycles. The summed E-state index contributed by atoms with van der Waals surface area (Å²) in [6.45, 7) is 0.824. The molecule has 0 saturated heterocycles. The maximum absolute atomic E-state index is 12.5. The van der Waals surface area contributed by atoms with Crippen LogP contribution in [0.5, 0.6) is 11.5 Å². The van der Waals surface area contributed by atoms with E-state index in [9.17, 15) is 19.8 Å². The van der Waals surface area contributed by atoms with Gasteiger partial charge in [0.2, 0.25) is 0 Å². The third kappa shape index (κ3) is 2.56. The van der Waals surface area contributed by atoms with Gasteiger partial charge in [0.05, 0.1) is 16.8 Å². The van der Waals surface area contributed by atoms with Gasteiger partial charge in [0.25, 0.3) is 5.56 Å². The molecule has 0 bridgehead atoms. The van der Waals surface area contributed by atoms with Crippen LogP contribution >= 0.6 is 11.3 Å². The smallest absolute Gasteiger partial charge is 0.341 e. The van der Waals surface area contributed by atoms with E-state index in [0.29, 0.717) is 23.4 Å². The molecule has 7 heteroatoms. The van der Waals surface area contributed by atoms with E-state index in [1.165, 1.54) is 15.9 Å². The number of para-hydroxylation sites is 1. The summed E-state index contributed by atoms with van der Waals surface area (Å²) in [5.74, 6) is -1.09. The Balaban J connectivity index is 1.75. The highest BCUT2D eigenvalue weighted by Crippen LogP contribution is 2.31. The Morgan fingerprint density at radius 2 is 2.12 bits per heavy atom. The molecule has 4 rings (SSSR count). The van der Waals surface area contributed by atoms with E-state index >= 15 is 0 Å². The van der Waals surface area contributed by atoms with Crippen molar-refractivity contribution in [3.8, 4) is 11.5 Å². The van der Waals surface area contributed by atoms with Gasteiger partial charge in [0.15, 0.2) is 5.75 Å². The Morgan fingerprint density at radius 3 is 2.92 bits per heavy atom. The minimum atomic E-state index is -1.30. The molecule has 2 N–H and O–H groups in total. The van der Waals surface area contributed by atoms with E-state index in [4.69, 9.17) is 4.74 Å². The minimum Gasteiger partial charge on any atom is -0.502 e. The van der Waals surface area contributed by atoms with Crippen LogP contribution in [0.25, 0.3) is 10.2 Å². The molecular formula is C18H15NO5S. The van der Waals surface area contributed by atoms with Gasteiger partial charge in [-0.1, -0.05) is 18.2 Å². The molecule has 1 atom stereocenters. The second kappa shape index (κ2) is 5.93. The molecule has 3 aromatic rings. The molecule has 128 valence electrons. The number of ether oxygens (including phenoxy) is 1. The fourth-order valence-corrected chi connectivity index (χ4v) is 4.23. The summed E-state index contributed by atoms with van der Waals surface area (Å²) in [5, 5.41) is 21.1. The number of carboxylic acids is 1. The number of carboxylic acid groups (broad SMARTS) is 1. The maximum atomic E-state index is 12.5. The van der Waals surface area contributed by atoms with Crippen LogP contribution in [0.4, 0.5) is 0 Å². The van der Waals surface area contributed by atoms with E-state index in [1.54, 1.807) is 11.4 Å². The van der Waals surface area contributed by atoms with Crippen LogP contribution in [0.3, 0.4) is 0 Å². The van der Waals surface area contributed by atoms with Crippen molar-refractivity contribution >= 4 is 27.5 Å². The summed E-state index contributed by atoms with van der Waals surface area (Å²) < 4.78 is 7.62. The average Bonchev–Trinajstić information content (AvgIpc) is 3.07. The summed E-state index contributed by atoms with van der Waals surface area (Å²) in [6, 6.07) is 9.49. The number of carbonyl (C=O) groups is 1. The molecule has 2 aromatic heterocycles. The van der Waals surface area contributed by atoms with Gasteiger partial charge >= 0.3 is 5.97 Å². The van der Waals surface area contributed by atoms with Gasteiger partial charge in [0, 0.05) is 12.5 Å². The standard InChI is InChI=1S/C18H15NO5S/c20-15-14(18(22)23)16-12(5-6-25-16)19(17(15)21)8-10-7-11-3-1-2-4-13(11)24-9-10/h1-6,10,20H,7-9H2,(H,22,23). The molecule has 0 amide bonds. The number of aromatic nitrogens is 1. The first-order chi connectivity index (χ1) is 12.1. The van der Waals surface area contributed by atoms with Crippen molar-refractivity contribution in [3.63, 3.8) is 0 Å². The molecule has 0 spiro atoms. The predicted molar refractivity (Wildman–Crippen MR) is 93.8 cm³/mol. The molecule has 25 heavy (non-hydrogen) atoms. The first kappa shape index (κ1) is 15.7. The SMILES string of the molecule is O=C(O)c1c(O)c(=O)n(CC2COc3ccccc3C2)c2ccsc12. The highest BCUT2D eigenvalue weighted by molar-refractivity contribution is 7.17. The zero-order chi connectivity index (χ0) is 17.6. The number of hydrogen-bond donors (Lipinski definition) is 2. The van der Waals surface area contributed by atoms with Crippen molar-refractivity contribution in [2.24, 2.45) is 5.92 Å². The average molecular weight is 357 g/mol. The molecular weight excluding hydrogens is 342 g/mol.